The maximum absolute atomic E-state index is 12.3. The quantitative estimate of drug-likeness (QED) is 0.872. The second-order valence-corrected chi connectivity index (χ2v) is 6.29. The van der Waals surface area contributed by atoms with Crippen molar-refractivity contribution in [1.82, 2.24) is 10.2 Å². The van der Waals surface area contributed by atoms with Gasteiger partial charge in [0.25, 0.3) is 0 Å². The number of likely N-dealkylation sites (N-methyl/N-ethyl adjacent to an activating group) is 1. The average molecular weight is 292 g/mol. The normalized spacial score (nSPS) is 18.8. The zero-order valence-electron chi connectivity index (χ0n) is 12.2. The van der Waals surface area contributed by atoms with Gasteiger partial charge in [0.05, 0.1) is 0 Å². The molecule has 4 heteroatoms. The summed E-state index contributed by atoms with van der Waals surface area (Å²) in [5.74, 6) is 2.50. The van der Waals surface area contributed by atoms with Crippen LogP contribution < -0.4 is 5.32 Å². The molecule has 20 heavy (non-hydrogen) atoms. The molecule has 0 aromatic heterocycles. The van der Waals surface area contributed by atoms with E-state index in [0.717, 1.165) is 37.6 Å². The highest BCUT2D eigenvalue weighted by atomic mass is 32.2. The molecular weight excluding hydrogens is 268 g/mol. The first-order valence-corrected chi connectivity index (χ1v) is 8.58. The third kappa shape index (κ3) is 4.84. The van der Waals surface area contributed by atoms with Gasteiger partial charge in [0.2, 0.25) is 5.91 Å². The molecule has 110 valence electrons. The first-order chi connectivity index (χ1) is 9.79. The third-order valence-corrected chi connectivity index (χ3v) is 4.80. The highest BCUT2D eigenvalue weighted by molar-refractivity contribution is 7.99. The smallest absolute Gasteiger partial charge is 0.224 e. The molecule has 3 nitrogen and oxygen atoms in total. The maximum Gasteiger partial charge on any atom is 0.224 e. The van der Waals surface area contributed by atoms with E-state index in [4.69, 9.17) is 0 Å². The highest BCUT2D eigenvalue weighted by Gasteiger charge is 2.19. The Balaban J connectivity index is 1.79. The average Bonchev–Trinajstić information content (AvgIpc) is 2.50. The summed E-state index contributed by atoms with van der Waals surface area (Å²) in [4.78, 5) is 14.3. The lowest BCUT2D eigenvalue weighted by Crippen LogP contribution is -2.43. The number of carbonyl (C=O) groups excluding carboxylic acids is 1. The van der Waals surface area contributed by atoms with Gasteiger partial charge in [0.15, 0.2) is 0 Å². The number of hydrogen-bond donors (Lipinski definition) is 1. The minimum atomic E-state index is 0.281. The van der Waals surface area contributed by atoms with Crippen molar-refractivity contribution in [3.05, 3.63) is 35.9 Å². The summed E-state index contributed by atoms with van der Waals surface area (Å²) in [5, 5.41) is 3.43. The van der Waals surface area contributed by atoms with Gasteiger partial charge < -0.3 is 10.2 Å². The Labute approximate surface area is 126 Å². The zero-order chi connectivity index (χ0) is 14.2. The minimum absolute atomic E-state index is 0.281. The summed E-state index contributed by atoms with van der Waals surface area (Å²) in [7, 11) is 0. The molecule has 0 bridgehead atoms. The second-order valence-electron chi connectivity index (χ2n) is 5.14. The fraction of sp³-hybridized carbons (Fsp3) is 0.562. The Morgan fingerprint density at radius 2 is 2.20 bits per heavy atom. The van der Waals surface area contributed by atoms with Gasteiger partial charge >= 0.3 is 0 Å². The number of amides is 1. The highest BCUT2D eigenvalue weighted by Crippen LogP contribution is 2.12. The van der Waals surface area contributed by atoms with E-state index in [9.17, 15) is 4.79 Å². The van der Waals surface area contributed by atoms with Gasteiger partial charge in [-0.15, -0.1) is 0 Å². The molecule has 2 rings (SSSR count). The molecule has 1 heterocycles. The van der Waals surface area contributed by atoms with Gasteiger partial charge in [-0.2, -0.15) is 11.8 Å². The first kappa shape index (κ1) is 15.4. The molecule has 1 fully saturated rings. The largest absolute Gasteiger partial charge is 0.343 e. The molecule has 0 radical (unpaired) electrons. The van der Waals surface area contributed by atoms with Crippen molar-refractivity contribution in [3.8, 4) is 0 Å². The van der Waals surface area contributed by atoms with E-state index >= 15 is 0 Å². The van der Waals surface area contributed by atoms with E-state index in [1.165, 1.54) is 5.56 Å². The summed E-state index contributed by atoms with van der Waals surface area (Å²) >= 11 is 1.94. The molecule has 1 unspecified atom stereocenters. The summed E-state index contributed by atoms with van der Waals surface area (Å²) < 4.78 is 0. The lowest BCUT2D eigenvalue weighted by molar-refractivity contribution is -0.131. The van der Waals surface area contributed by atoms with Crippen LogP contribution in [0.5, 0.6) is 0 Å². The molecule has 0 saturated carbocycles. The molecule has 1 atom stereocenters. The number of thioether (sulfide) groups is 1. The van der Waals surface area contributed by atoms with Crippen molar-refractivity contribution < 1.29 is 4.79 Å². The van der Waals surface area contributed by atoms with Crippen LogP contribution in [-0.2, 0) is 11.2 Å². The van der Waals surface area contributed by atoms with E-state index in [1.54, 1.807) is 0 Å². The van der Waals surface area contributed by atoms with Crippen molar-refractivity contribution in [2.24, 2.45) is 0 Å². The van der Waals surface area contributed by atoms with Crippen LogP contribution in [0.1, 0.15) is 18.9 Å². The van der Waals surface area contributed by atoms with Gasteiger partial charge in [-0.3, -0.25) is 4.79 Å². The Morgan fingerprint density at radius 3 is 2.85 bits per heavy atom. The fourth-order valence-corrected chi connectivity index (χ4v) is 3.41. The van der Waals surface area contributed by atoms with E-state index in [2.05, 4.69) is 36.5 Å². The summed E-state index contributed by atoms with van der Waals surface area (Å²) in [5.41, 5.74) is 1.30. The SMILES string of the molecule is CCN(CCc1ccccc1)C(=O)CC1CSCCN1. The van der Waals surface area contributed by atoms with E-state index < -0.39 is 0 Å². The summed E-state index contributed by atoms with van der Waals surface area (Å²) in [6.45, 7) is 4.70. The van der Waals surface area contributed by atoms with Crippen molar-refractivity contribution in [1.29, 1.82) is 0 Å². The molecule has 1 saturated heterocycles. The van der Waals surface area contributed by atoms with E-state index in [0.29, 0.717) is 12.5 Å². The van der Waals surface area contributed by atoms with Crippen LogP contribution in [0.4, 0.5) is 0 Å². The number of hydrogen-bond acceptors (Lipinski definition) is 3. The Morgan fingerprint density at radius 1 is 1.40 bits per heavy atom. The molecule has 1 aromatic rings. The van der Waals surface area contributed by atoms with Crippen molar-refractivity contribution in [2.45, 2.75) is 25.8 Å². The minimum Gasteiger partial charge on any atom is -0.343 e. The van der Waals surface area contributed by atoms with E-state index in [-0.39, 0.29) is 5.91 Å². The number of nitrogens with zero attached hydrogens (tertiary/aromatic N) is 1. The molecule has 1 aromatic carbocycles. The standard InChI is InChI=1S/C16H24N2OS/c1-2-18(10-8-14-6-4-3-5-7-14)16(19)12-15-13-20-11-9-17-15/h3-7,15,17H,2,8-13H2,1H3. The Kier molecular flexibility index (Phi) is 6.40. The van der Waals surface area contributed by atoms with Crippen LogP contribution in [0.15, 0.2) is 30.3 Å². The fourth-order valence-electron chi connectivity index (χ4n) is 2.46. The topological polar surface area (TPSA) is 32.3 Å². The molecular formula is C16H24N2OS. The van der Waals surface area contributed by atoms with Gasteiger partial charge in [-0.05, 0) is 18.9 Å². The third-order valence-electron chi connectivity index (χ3n) is 3.67. The van der Waals surface area contributed by atoms with Crippen LogP contribution in [0, 0.1) is 0 Å². The summed E-state index contributed by atoms with van der Waals surface area (Å²) in [6.07, 6.45) is 1.57. The van der Waals surface area contributed by atoms with Crippen LogP contribution in [0.3, 0.4) is 0 Å². The first-order valence-electron chi connectivity index (χ1n) is 7.42. The zero-order valence-corrected chi connectivity index (χ0v) is 13.0. The van der Waals surface area contributed by atoms with Crippen molar-refractivity contribution >= 4 is 17.7 Å². The Bertz CT molecular complexity index is 404. The predicted molar refractivity (Wildman–Crippen MR) is 86.1 cm³/mol. The van der Waals surface area contributed by atoms with Crippen molar-refractivity contribution in [2.75, 3.05) is 31.1 Å². The van der Waals surface area contributed by atoms with Crippen LogP contribution in [0.2, 0.25) is 0 Å². The van der Waals surface area contributed by atoms with Gasteiger partial charge in [-0.1, -0.05) is 30.3 Å². The molecule has 0 spiro atoms. The van der Waals surface area contributed by atoms with Crippen LogP contribution >= 0.6 is 11.8 Å². The lowest BCUT2D eigenvalue weighted by Gasteiger charge is -2.27. The number of rotatable bonds is 6. The van der Waals surface area contributed by atoms with Crippen LogP contribution in [0.25, 0.3) is 0 Å². The number of nitrogens with one attached hydrogen (secondary N) is 1. The summed E-state index contributed by atoms with van der Waals surface area (Å²) in [6, 6.07) is 10.7. The Hall–Kier alpha value is -1.00. The van der Waals surface area contributed by atoms with Gasteiger partial charge in [0.1, 0.15) is 0 Å². The van der Waals surface area contributed by atoms with Gasteiger partial charge in [-0.25, -0.2) is 0 Å². The molecule has 1 N–H and O–H groups in total. The molecule has 1 aliphatic heterocycles. The van der Waals surface area contributed by atoms with E-state index in [1.807, 2.05) is 22.7 Å². The van der Waals surface area contributed by atoms with Crippen molar-refractivity contribution in [3.63, 3.8) is 0 Å². The molecule has 1 aliphatic rings. The lowest BCUT2D eigenvalue weighted by atomic mass is 10.1. The van der Waals surface area contributed by atoms with Gasteiger partial charge in [0, 0.05) is 43.6 Å². The predicted octanol–water partition coefficient (Wildman–Crippen LogP) is 2.17. The maximum atomic E-state index is 12.3. The number of carbonyl (C=O) groups is 1. The molecule has 1 amide bonds. The second kappa shape index (κ2) is 8.32. The number of benzene rings is 1. The monoisotopic (exact) mass is 292 g/mol. The molecule has 0 aliphatic carbocycles. The van der Waals surface area contributed by atoms with Crippen LogP contribution in [-0.4, -0.2) is 48.0 Å².